The molecule has 2 aromatic heterocycles. The van der Waals surface area contributed by atoms with E-state index in [0.29, 0.717) is 24.6 Å². The van der Waals surface area contributed by atoms with Crippen LogP contribution in [0.1, 0.15) is 104 Å². The molecule has 5 aromatic carbocycles. The Balaban J connectivity index is 1.26. The third-order valence-electron chi connectivity index (χ3n) is 12.3. The number of thiophene rings is 1. The Morgan fingerprint density at radius 1 is 0.697 bits per heavy atom. The molecule has 0 bridgehead atoms. The van der Waals surface area contributed by atoms with E-state index in [9.17, 15) is 15.2 Å². The Morgan fingerprint density at radius 2 is 1.23 bits per heavy atom. The Morgan fingerprint density at radius 3 is 1.71 bits per heavy atom. The number of benzene rings is 5. The van der Waals surface area contributed by atoms with Gasteiger partial charge in [-0.25, -0.2) is 14.8 Å². The first-order chi connectivity index (χ1) is 32.2. The van der Waals surface area contributed by atoms with Gasteiger partial charge in [0.05, 0.1) is 18.6 Å². The van der Waals surface area contributed by atoms with Crippen molar-refractivity contribution in [1.82, 2.24) is 9.97 Å². The summed E-state index contributed by atoms with van der Waals surface area (Å²) in [5.41, 5.74) is 10.3. The minimum Gasteiger partial charge on any atom is -0.494 e. The zero-order valence-electron chi connectivity index (χ0n) is 38.2. The molecule has 1 N–H and O–H groups in total. The van der Waals surface area contributed by atoms with Gasteiger partial charge in [-0.2, -0.15) is 5.26 Å². The summed E-state index contributed by atoms with van der Waals surface area (Å²) < 4.78 is 12.4. The molecule has 0 atom stereocenters. The van der Waals surface area contributed by atoms with Crippen molar-refractivity contribution in [3.05, 3.63) is 178 Å². The fraction of sp³-hybridized carbons (Fsp3) is 0.263. The number of aromatic nitrogens is 2. The number of carbonyl (C=O) groups is 1. The smallest absolute Gasteiger partial charge is 0.346 e. The van der Waals surface area contributed by atoms with Crippen LogP contribution < -0.4 is 14.4 Å². The lowest BCUT2D eigenvalue weighted by Gasteiger charge is -2.34. The minimum atomic E-state index is -1.30. The van der Waals surface area contributed by atoms with Crippen LogP contribution in [0.4, 0.5) is 16.4 Å². The number of carboxylic acid groups (broad SMARTS) is 1. The number of nitrogens with zero attached hydrogens (tertiary/aromatic N) is 4. The van der Waals surface area contributed by atoms with Gasteiger partial charge in [0, 0.05) is 39.8 Å². The van der Waals surface area contributed by atoms with Gasteiger partial charge in [-0.3, -0.25) is 0 Å². The van der Waals surface area contributed by atoms with Gasteiger partial charge in [0.2, 0.25) is 0 Å². The Hall–Kier alpha value is -7.02. The monoisotopic (exact) mass is 892 g/mol. The van der Waals surface area contributed by atoms with Crippen LogP contribution in [0, 0.1) is 25.2 Å². The minimum absolute atomic E-state index is 0.382. The van der Waals surface area contributed by atoms with E-state index < -0.39 is 11.4 Å². The molecule has 1 aliphatic carbocycles. The van der Waals surface area contributed by atoms with E-state index in [1.165, 1.54) is 66.2 Å². The SMILES string of the molecule is CCCCCCOc1ccc(N(c2ccc(OCCCCCC)cc2)c2cc3c(s2)-c2ccc(-c4ncc(/C=C(/C#N)C(=O)O)cn4)cc2C3(c2ccc(C)cc2)c2ccc(C)cc2)cc1. The lowest BCUT2D eigenvalue weighted by Crippen LogP contribution is -2.28. The number of anilines is 3. The molecular weight excluding hydrogens is 837 g/mol. The van der Waals surface area contributed by atoms with E-state index in [4.69, 9.17) is 9.47 Å². The average molecular weight is 893 g/mol. The summed E-state index contributed by atoms with van der Waals surface area (Å²) in [7, 11) is 0. The molecule has 0 fully saturated rings. The van der Waals surface area contributed by atoms with Crippen molar-refractivity contribution < 1.29 is 19.4 Å². The van der Waals surface area contributed by atoms with Crippen LogP contribution in [-0.2, 0) is 10.2 Å². The van der Waals surface area contributed by atoms with Crippen molar-refractivity contribution in [2.24, 2.45) is 0 Å². The molecule has 0 saturated heterocycles. The molecule has 66 heavy (non-hydrogen) atoms. The van der Waals surface area contributed by atoms with Crippen LogP contribution in [0.2, 0.25) is 0 Å². The molecule has 0 amide bonds. The fourth-order valence-electron chi connectivity index (χ4n) is 8.79. The third kappa shape index (κ3) is 9.66. The summed E-state index contributed by atoms with van der Waals surface area (Å²) in [5.74, 6) is 0.921. The molecular formula is C57H56N4O4S. The van der Waals surface area contributed by atoms with Gasteiger partial charge in [-0.15, -0.1) is 11.3 Å². The maximum absolute atomic E-state index is 11.5. The molecule has 8 rings (SSSR count). The van der Waals surface area contributed by atoms with Crippen molar-refractivity contribution in [3.8, 4) is 39.4 Å². The summed E-state index contributed by atoms with van der Waals surface area (Å²) in [4.78, 5) is 24.4. The molecule has 8 nitrogen and oxygen atoms in total. The molecule has 0 radical (unpaired) electrons. The zero-order valence-corrected chi connectivity index (χ0v) is 39.0. The topological polar surface area (TPSA) is 109 Å². The summed E-state index contributed by atoms with van der Waals surface area (Å²) >= 11 is 1.78. The molecule has 2 heterocycles. The molecule has 0 unspecified atom stereocenters. The van der Waals surface area contributed by atoms with E-state index in [1.807, 2.05) is 0 Å². The highest BCUT2D eigenvalue weighted by molar-refractivity contribution is 7.20. The molecule has 0 aliphatic heterocycles. The number of ether oxygens (including phenoxy) is 2. The van der Waals surface area contributed by atoms with E-state index >= 15 is 0 Å². The summed E-state index contributed by atoms with van der Waals surface area (Å²) in [5, 5.41) is 19.8. The van der Waals surface area contributed by atoms with E-state index in [-0.39, 0.29) is 5.57 Å². The van der Waals surface area contributed by atoms with Crippen LogP contribution >= 0.6 is 11.3 Å². The fourth-order valence-corrected chi connectivity index (χ4v) is 10.1. The number of aryl methyl sites for hydroxylation is 2. The first-order valence-corrected chi connectivity index (χ1v) is 23.9. The summed E-state index contributed by atoms with van der Waals surface area (Å²) in [6.07, 6.45) is 13.6. The largest absolute Gasteiger partial charge is 0.494 e. The number of carboxylic acids is 1. The third-order valence-corrected chi connectivity index (χ3v) is 13.4. The molecule has 0 saturated carbocycles. The highest BCUT2D eigenvalue weighted by Crippen LogP contribution is 2.61. The van der Waals surface area contributed by atoms with Crippen molar-refractivity contribution >= 4 is 39.8 Å². The van der Waals surface area contributed by atoms with Gasteiger partial charge >= 0.3 is 5.97 Å². The maximum Gasteiger partial charge on any atom is 0.346 e. The predicted octanol–water partition coefficient (Wildman–Crippen LogP) is 14.6. The number of fused-ring (bicyclic) bond motifs is 3. The van der Waals surface area contributed by atoms with Crippen LogP contribution in [-0.4, -0.2) is 34.3 Å². The van der Waals surface area contributed by atoms with E-state index in [2.05, 4.69) is 164 Å². The molecule has 334 valence electrons. The number of rotatable bonds is 20. The van der Waals surface area contributed by atoms with Crippen LogP contribution in [0.3, 0.4) is 0 Å². The van der Waals surface area contributed by atoms with E-state index in [1.54, 1.807) is 29.8 Å². The van der Waals surface area contributed by atoms with Crippen molar-refractivity contribution in [2.75, 3.05) is 18.1 Å². The normalized spacial score (nSPS) is 12.6. The number of aliphatic carboxylic acids is 1. The van der Waals surface area contributed by atoms with Gasteiger partial charge in [0.1, 0.15) is 28.1 Å². The number of hydrogen-bond acceptors (Lipinski definition) is 8. The zero-order chi connectivity index (χ0) is 46.0. The van der Waals surface area contributed by atoms with Crippen LogP contribution in [0.15, 0.2) is 139 Å². The Labute approximate surface area is 392 Å². The standard InChI is InChI=1S/C57H56N4O4S/c1-5-7-9-11-31-64-48-26-22-46(23-27-48)61(47-24-28-49(29-25-47)65-32-12-10-8-6-2)53-35-52-54(66-53)50-30-17-42(55-59-37-41(38-60-55)33-43(36-58)56(62)63)34-51(50)57(52,44-18-13-39(3)14-19-44)45-20-15-40(4)16-21-45/h13-30,33-35,37-38H,5-12,31-32H2,1-4H3,(H,62,63)/b43-33-. The second-order valence-electron chi connectivity index (χ2n) is 17.0. The van der Waals surface area contributed by atoms with Crippen molar-refractivity contribution in [3.63, 3.8) is 0 Å². The summed E-state index contributed by atoms with van der Waals surface area (Å²) in [6.45, 7) is 10.1. The second kappa shape index (κ2) is 20.9. The second-order valence-corrected chi connectivity index (χ2v) is 18.1. The quantitative estimate of drug-likeness (QED) is 0.0458. The van der Waals surface area contributed by atoms with Crippen LogP contribution in [0.25, 0.3) is 27.9 Å². The lowest BCUT2D eigenvalue weighted by atomic mass is 9.67. The average Bonchev–Trinajstić information content (AvgIpc) is 3.88. The van der Waals surface area contributed by atoms with E-state index in [0.717, 1.165) is 68.5 Å². The van der Waals surface area contributed by atoms with Crippen molar-refractivity contribution in [2.45, 2.75) is 84.5 Å². The molecule has 1 aliphatic rings. The number of unbranched alkanes of at least 4 members (excludes halogenated alkanes) is 6. The highest BCUT2D eigenvalue weighted by atomic mass is 32.1. The van der Waals surface area contributed by atoms with Gasteiger partial charge in [-0.1, -0.05) is 124 Å². The molecule has 0 spiro atoms. The van der Waals surface area contributed by atoms with Gasteiger partial charge in [-0.05, 0) is 121 Å². The predicted molar refractivity (Wildman–Crippen MR) is 267 cm³/mol. The van der Waals surface area contributed by atoms with Gasteiger partial charge in [0.25, 0.3) is 0 Å². The Kier molecular flexibility index (Phi) is 14.4. The highest BCUT2D eigenvalue weighted by Gasteiger charge is 2.48. The first kappa shape index (κ1) is 45.5. The Bertz CT molecular complexity index is 2720. The summed E-state index contributed by atoms with van der Waals surface area (Å²) in [6, 6.07) is 45.3. The molecule has 9 heteroatoms. The molecule has 7 aromatic rings. The maximum atomic E-state index is 11.5. The van der Waals surface area contributed by atoms with Crippen LogP contribution in [0.5, 0.6) is 11.5 Å². The van der Waals surface area contributed by atoms with Crippen molar-refractivity contribution in [1.29, 1.82) is 5.26 Å². The number of nitriles is 1. The first-order valence-electron chi connectivity index (χ1n) is 23.1. The number of hydrogen-bond donors (Lipinski definition) is 1. The lowest BCUT2D eigenvalue weighted by molar-refractivity contribution is -0.132. The van der Waals surface area contributed by atoms with Gasteiger partial charge in [0.15, 0.2) is 5.82 Å². The van der Waals surface area contributed by atoms with Gasteiger partial charge < -0.3 is 19.5 Å².